The highest BCUT2D eigenvalue weighted by Crippen LogP contribution is 2.16. The van der Waals surface area contributed by atoms with Crippen molar-refractivity contribution < 1.29 is 4.74 Å². The number of benzene rings is 1. The second-order valence-electron chi connectivity index (χ2n) is 3.14. The Morgan fingerprint density at radius 1 is 1.14 bits per heavy atom. The molecule has 1 heterocycles. The fourth-order valence-electron chi connectivity index (χ4n) is 1.37. The molecular weight excluding hydrogens is 174 g/mol. The van der Waals surface area contributed by atoms with E-state index in [1.54, 1.807) is 0 Å². The van der Waals surface area contributed by atoms with Crippen LogP contribution in [0.1, 0.15) is 19.4 Å². The Balaban J connectivity index is 0.000000461. The molecule has 0 saturated carbocycles. The molecule has 0 aliphatic carbocycles. The fraction of sp³-hybridized carbons (Fsp3) is 0.500. The zero-order chi connectivity index (χ0) is 10.4. The van der Waals surface area contributed by atoms with Crippen LogP contribution in [0, 0.1) is 6.92 Å². The Hall–Kier alpha value is -1.02. The Morgan fingerprint density at radius 2 is 1.79 bits per heavy atom. The molecule has 1 saturated heterocycles. The highest BCUT2D eigenvalue weighted by molar-refractivity contribution is 5.47. The summed E-state index contributed by atoms with van der Waals surface area (Å²) in [5, 5.41) is 0. The van der Waals surface area contributed by atoms with E-state index >= 15 is 0 Å². The van der Waals surface area contributed by atoms with E-state index in [0.29, 0.717) is 0 Å². The van der Waals surface area contributed by atoms with E-state index < -0.39 is 0 Å². The minimum atomic E-state index is 0.739. The lowest BCUT2D eigenvalue weighted by molar-refractivity contribution is 0.201. The highest BCUT2D eigenvalue weighted by Gasteiger charge is 2.11. The summed E-state index contributed by atoms with van der Waals surface area (Å²) < 4.78 is 5.27. The fourth-order valence-corrected chi connectivity index (χ4v) is 1.37. The first-order chi connectivity index (χ1) is 6.86. The standard InChI is InChI=1S/C10H13NO.C2H6/c1-9-2-4-10(5-3-9)11-6-7-12-8-11;1-2/h2-5H,6-8H2,1H3;1-2H3. The molecule has 1 aromatic rings. The maximum Gasteiger partial charge on any atom is 0.119 e. The van der Waals surface area contributed by atoms with Crippen LogP contribution in [0.2, 0.25) is 0 Å². The zero-order valence-corrected chi connectivity index (χ0v) is 9.29. The van der Waals surface area contributed by atoms with Crippen molar-refractivity contribution in [2.45, 2.75) is 20.8 Å². The van der Waals surface area contributed by atoms with Crippen molar-refractivity contribution in [3.63, 3.8) is 0 Å². The van der Waals surface area contributed by atoms with Crippen molar-refractivity contribution in [1.82, 2.24) is 0 Å². The molecule has 14 heavy (non-hydrogen) atoms. The van der Waals surface area contributed by atoms with Crippen LogP contribution in [-0.4, -0.2) is 19.9 Å². The van der Waals surface area contributed by atoms with E-state index in [-0.39, 0.29) is 0 Å². The molecule has 0 unspecified atom stereocenters. The Kier molecular flexibility index (Phi) is 4.47. The van der Waals surface area contributed by atoms with E-state index in [4.69, 9.17) is 4.74 Å². The first-order valence-electron chi connectivity index (χ1n) is 5.25. The van der Waals surface area contributed by atoms with Gasteiger partial charge in [-0.15, -0.1) is 0 Å². The van der Waals surface area contributed by atoms with Crippen LogP contribution in [0.25, 0.3) is 0 Å². The Morgan fingerprint density at radius 3 is 2.29 bits per heavy atom. The van der Waals surface area contributed by atoms with Crippen LogP contribution in [0.5, 0.6) is 0 Å². The van der Waals surface area contributed by atoms with Crippen LogP contribution in [0.4, 0.5) is 5.69 Å². The van der Waals surface area contributed by atoms with Crippen molar-refractivity contribution in [2.24, 2.45) is 0 Å². The van der Waals surface area contributed by atoms with E-state index in [1.807, 2.05) is 13.8 Å². The predicted octanol–water partition coefficient (Wildman–Crippen LogP) is 2.82. The van der Waals surface area contributed by atoms with Gasteiger partial charge in [0, 0.05) is 12.2 Å². The zero-order valence-electron chi connectivity index (χ0n) is 9.29. The van der Waals surface area contributed by atoms with Gasteiger partial charge in [-0.2, -0.15) is 0 Å². The van der Waals surface area contributed by atoms with Gasteiger partial charge >= 0.3 is 0 Å². The van der Waals surface area contributed by atoms with E-state index in [1.165, 1.54) is 11.3 Å². The number of rotatable bonds is 1. The van der Waals surface area contributed by atoms with Gasteiger partial charge in [0.15, 0.2) is 0 Å². The van der Waals surface area contributed by atoms with E-state index in [2.05, 4.69) is 36.1 Å². The molecule has 0 amide bonds. The minimum Gasteiger partial charge on any atom is -0.359 e. The molecule has 0 radical (unpaired) electrons. The van der Waals surface area contributed by atoms with Crippen LogP contribution in [0.15, 0.2) is 24.3 Å². The summed E-state index contributed by atoms with van der Waals surface area (Å²) in [4.78, 5) is 2.24. The monoisotopic (exact) mass is 193 g/mol. The van der Waals surface area contributed by atoms with Gasteiger partial charge in [0.05, 0.1) is 6.61 Å². The van der Waals surface area contributed by atoms with Gasteiger partial charge in [-0.3, -0.25) is 0 Å². The van der Waals surface area contributed by atoms with Gasteiger partial charge < -0.3 is 9.64 Å². The third-order valence-electron chi connectivity index (χ3n) is 2.15. The maximum atomic E-state index is 5.27. The average Bonchev–Trinajstić information content (AvgIpc) is 2.75. The van der Waals surface area contributed by atoms with Crippen LogP contribution < -0.4 is 4.90 Å². The number of ether oxygens (including phenoxy) is 1. The second kappa shape index (κ2) is 5.66. The van der Waals surface area contributed by atoms with Crippen LogP contribution in [0.3, 0.4) is 0 Å². The first kappa shape index (κ1) is 11.1. The summed E-state index contributed by atoms with van der Waals surface area (Å²) in [6.07, 6.45) is 0. The Labute approximate surface area is 86.5 Å². The topological polar surface area (TPSA) is 12.5 Å². The van der Waals surface area contributed by atoms with Gasteiger partial charge in [0.25, 0.3) is 0 Å². The molecule has 0 aromatic heterocycles. The summed E-state index contributed by atoms with van der Waals surface area (Å²) in [6, 6.07) is 8.55. The normalized spacial score (nSPS) is 14.9. The van der Waals surface area contributed by atoms with Gasteiger partial charge in [0.2, 0.25) is 0 Å². The molecule has 2 nitrogen and oxygen atoms in total. The van der Waals surface area contributed by atoms with Gasteiger partial charge in [-0.1, -0.05) is 31.5 Å². The summed E-state index contributed by atoms with van der Waals surface area (Å²) in [5.41, 5.74) is 2.57. The smallest absolute Gasteiger partial charge is 0.119 e. The van der Waals surface area contributed by atoms with E-state index in [9.17, 15) is 0 Å². The number of nitrogens with zero attached hydrogens (tertiary/aromatic N) is 1. The molecule has 0 atom stereocenters. The van der Waals surface area contributed by atoms with Crippen molar-refractivity contribution in [3.8, 4) is 0 Å². The summed E-state index contributed by atoms with van der Waals surface area (Å²) >= 11 is 0. The van der Waals surface area contributed by atoms with Crippen molar-refractivity contribution in [2.75, 3.05) is 24.8 Å². The molecule has 0 N–H and O–H groups in total. The summed E-state index contributed by atoms with van der Waals surface area (Å²) in [7, 11) is 0. The summed E-state index contributed by atoms with van der Waals surface area (Å²) in [5.74, 6) is 0. The molecule has 0 spiro atoms. The third-order valence-corrected chi connectivity index (χ3v) is 2.15. The van der Waals surface area contributed by atoms with Crippen molar-refractivity contribution in [3.05, 3.63) is 29.8 Å². The molecule has 1 fully saturated rings. The molecule has 1 aliphatic rings. The molecule has 1 aliphatic heterocycles. The quantitative estimate of drug-likeness (QED) is 0.680. The van der Waals surface area contributed by atoms with Gasteiger partial charge in [0.1, 0.15) is 6.73 Å². The lowest BCUT2D eigenvalue weighted by Gasteiger charge is -2.15. The van der Waals surface area contributed by atoms with E-state index in [0.717, 1.165) is 19.9 Å². The van der Waals surface area contributed by atoms with Crippen LogP contribution >= 0.6 is 0 Å². The molecule has 1 aromatic carbocycles. The second-order valence-corrected chi connectivity index (χ2v) is 3.14. The van der Waals surface area contributed by atoms with Crippen LogP contribution in [-0.2, 0) is 4.74 Å². The molecule has 78 valence electrons. The molecule has 2 rings (SSSR count). The highest BCUT2D eigenvalue weighted by atomic mass is 16.5. The maximum absolute atomic E-state index is 5.27. The molecule has 0 bridgehead atoms. The van der Waals surface area contributed by atoms with Gasteiger partial charge in [-0.25, -0.2) is 0 Å². The average molecular weight is 193 g/mol. The number of hydrogen-bond donors (Lipinski definition) is 0. The minimum absolute atomic E-state index is 0.739. The Bertz CT molecular complexity index is 250. The van der Waals surface area contributed by atoms with Crippen molar-refractivity contribution in [1.29, 1.82) is 0 Å². The SMILES string of the molecule is CC.Cc1ccc(N2CCOC2)cc1. The number of anilines is 1. The number of aryl methyl sites for hydroxylation is 1. The lowest BCUT2D eigenvalue weighted by atomic mass is 10.2. The number of hydrogen-bond acceptors (Lipinski definition) is 2. The largest absolute Gasteiger partial charge is 0.359 e. The lowest BCUT2D eigenvalue weighted by Crippen LogP contribution is -2.18. The third kappa shape index (κ3) is 2.74. The molecular formula is C12H19NO. The molecule has 2 heteroatoms. The van der Waals surface area contributed by atoms with Gasteiger partial charge in [-0.05, 0) is 19.1 Å². The van der Waals surface area contributed by atoms with Crippen molar-refractivity contribution >= 4 is 5.69 Å². The summed E-state index contributed by atoms with van der Waals surface area (Å²) in [6.45, 7) is 8.71. The predicted molar refractivity (Wildman–Crippen MR) is 60.7 cm³/mol. The first-order valence-corrected chi connectivity index (χ1v) is 5.25.